The summed E-state index contributed by atoms with van der Waals surface area (Å²) < 4.78 is 21.0. The van der Waals surface area contributed by atoms with Crippen LogP contribution in [0.2, 0.25) is 0 Å². The van der Waals surface area contributed by atoms with Crippen molar-refractivity contribution in [2.24, 2.45) is 0 Å². The number of ether oxygens (including phenoxy) is 4. The average molecular weight is 550 g/mol. The fraction of sp³-hybridized carbons (Fsp3) is 0.379. The topological polar surface area (TPSA) is 107 Å². The minimum absolute atomic E-state index is 0.0198. The van der Waals surface area contributed by atoms with Gasteiger partial charge in [-0.05, 0) is 54.6 Å². The molecule has 11 heteroatoms. The van der Waals surface area contributed by atoms with Gasteiger partial charge < -0.3 is 33.6 Å². The lowest BCUT2D eigenvalue weighted by atomic mass is 10.1. The number of hydrogen-bond donors (Lipinski definition) is 0. The molecule has 2 heterocycles. The maximum Gasteiger partial charge on any atom is 0.254 e. The number of carbonyl (C=O) groups is 2. The van der Waals surface area contributed by atoms with Crippen molar-refractivity contribution < 1.29 is 28.5 Å². The molecule has 0 spiro atoms. The van der Waals surface area contributed by atoms with E-state index in [9.17, 15) is 9.59 Å². The molecule has 0 N–H and O–H groups in total. The quantitative estimate of drug-likeness (QED) is 0.357. The van der Waals surface area contributed by atoms with Gasteiger partial charge in [0.1, 0.15) is 12.3 Å². The molecule has 1 fully saturated rings. The number of anilines is 1. The average Bonchev–Trinajstić information content (AvgIpc) is 3.02. The number of benzene rings is 2. The number of methoxy groups -OCH3 is 4. The van der Waals surface area contributed by atoms with Gasteiger partial charge in [-0.1, -0.05) is 0 Å². The number of nitrogens with zero attached hydrogens (tertiary/aromatic N) is 5. The fourth-order valence-electron chi connectivity index (χ4n) is 4.46. The highest BCUT2D eigenvalue weighted by atomic mass is 16.5. The van der Waals surface area contributed by atoms with Crippen LogP contribution < -0.4 is 19.1 Å². The van der Waals surface area contributed by atoms with Crippen LogP contribution in [0.4, 0.5) is 5.82 Å². The zero-order valence-corrected chi connectivity index (χ0v) is 23.3. The summed E-state index contributed by atoms with van der Waals surface area (Å²) in [6.45, 7) is 2.89. The molecule has 11 nitrogen and oxygen atoms in total. The standard InChI is InChI=1S/C29H35N5O6/c1-37-18-17-34(29(36)21-5-8-23(38-2)9-6-21)20-28(35)33-15-13-32(14-16-33)27-12-10-24(30-31-27)22-7-11-25(39-3)26(19-22)40-4/h5-12,19H,13-18,20H2,1-4H3. The van der Waals surface area contributed by atoms with Gasteiger partial charge in [0.25, 0.3) is 5.91 Å². The van der Waals surface area contributed by atoms with E-state index in [4.69, 9.17) is 18.9 Å². The van der Waals surface area contributed by atoms with Crippen LogP contribution in [0.5, 0.6) is 17.2 Å². The first kappa shape index (κ1) is 28.6. The van der Waals surface area contributed by atoms with E-state index < -0.39 is 0 Å². The van der Waals surface area contributed by atoms with Gasteiger partial charge in [0.05, 0.1) is 33.6 Å². The van der Waals surface area contributed by atoms with E-state index >= 15 is 0 Å². The number of carbonyl (C=O) groups excluding carboxylic acids is 2. The summed E-state index contributed by atoms with van der Waals surface area (Å²) in [5.74, 6) is 2.35. The van der Waals surface area contributed by atoms with Crippen molar-refractivity contribution in [3.8, 4) is 28.5 Å². The van der Waals surface area contributed by atoms with Crippen LogP contribution in [-0.2, 0) is 9.53 Å². The van der Waals surface area contributed by atoms with Gasteiger partial charge in [0, 0.05) is 51.0 Å². The smallest absolute Gasteiger partial charge is 0.254 e. The molecule has 0 aliphatic carbocycles. The van der Waals surface area contributed by atoms with Gasteiger partial charge in [0.15, 0.2) is 17.3 Å². The molecular formula is C29H35N5O6. The van der Waals surface area contributed by atoms with Crippen LogP contribution in [0.15, 0.2) is 54.6 Å². The molecule has 0 atom stereocenters. The summed E-state index contributed by atoms with van der Waals surface area (Å²) in [5, 5.41) is 8.83. The summed E-state index contributed by atoms with van der Waals surface area (Å²) in [5.41, 5.74) is 2.08. The second kappa shape index (κ2) is 13.6. The Labute approximate surface area is 234 Å². The molecule has 1 saturated heterocycles. The Morgan fingerprint density at radius 1 is 0.825 bits per heavy atom. The van der Waals surface area contributed by atoms with Crippen LogP contribution >= 0.6 is 0 Å². The van der Waals surface area contributed by atoms with E-state index in [1.165, 1.54) is 4.90 Å². The molecule has 0 bridgehead atoms. The fourth-order valence-corrected chi connectivity index (χ4v) is 4.46. The Balaban J connectivity index is 1.35. The van der Waals surface area contributed by atoms with Crippen molar-refractivity contribution in [2.75, 3.05) is 79.2 Å². The summed E-state index contributed by atoms with van der Waals surface area (Å²) in [6.07, 6.45) is 0. The minimum atomic E-state index is -0.225. The predicted molar refractivity (Wildman–Crippen MR) is 150 cm³/mol. The van der Waals surface area contributed by atoms with Gasteiger partial charge in [-0.2, -0.15) is 0 Å². The van der Waals surface area contributed by atoms with Gasteiger partial charge >= 0.3 is 0 Å². The molecule has 212 valence electrons. The van der Waals surface area contributed by atoms with Crippen molar-refractivity contribution >= 4 is 17.6 Å². The summed E-state index contributed by atoms with van der Waals surface area (Å²) in [6, 6.07) is 16.3. The first-order valence-electron chi connectivity index (χ1n) is 13.0. The Bertz CT molecular complexity index is 1280. The third kappa shape index (κ3) is 6.78. The van der Waals surface area contributed by atoms with E-state index in [0.29, 0.717) is 62.1 Å². The highest BCUT2D eigenvalue weighted by Gasteiger charge is 2.26. The van der Waals surface area contributed by atoms with Gasteiger partial charge in [-0.15, -0.1) is 10.2 Å². The Hall–Kier alpha value is -4.38. The second-order valence-corrected chi connectivity index (χ2v) is 9.16. The highest BCUT2D eigenvalue weighted by Crippen LogP contribution is 2.31. The van der Waals surface area contributed by atoms with Crippen molar-refractivity contribution in [3.05, 3.63) is 60.2 Å². The largest absolute Gasteiger partial charge is 0.497 e. The zero-order chi connectivity index (χ0) is 28.5. The van der Waals surface area contributed by atoms with E-state index in [0.717, 1.165) is 17.1 Å². The normalized spacial score (nSPS) is 13.1. The number of piperazine rings is 1. The van der Waals surface area contributed by atoms with Gasteiger partial charge in [0.2, 0.25) is 5.91 Å². The molecular weight excluding hydrogens is 514 g/mol. The summed E-state index contributed by atoms with van der Waals surface area (Å²) >= 11 is 0. The summed E-state index contributed by atoms with van der Waals surface area (Å²) in [4.78, 5) is 31.7. The lowest BCUT2D eigenvalue weighted by Gasteiger charge is -2.36. The predicted octanol–water partition coefficient (Wildman–Crippen LogP) is 2.61. The Kier molecular flexibility index (Phi) is 9.74. The molecule has 1 aliphatic rings. The lowest BCUT2D eigenvalue weighted by molar-refractivity contribution is -0.132. The molecule has 1 aliphatic heterocycles. The van der Waals surface area contributed by atoms with E-state index in [-0.39, 0.29) is 18.4 Å². The molecule has 2 aromatic carbocycles. The van der Waals surface area contributed by atoms with Crippen molar-refractivity contribution in [2.45, 2.75) is 0 Å². The van der Waals surface area contributed by atoms with Crippen LogP contribution in [0.1, 0.15) is 10.4 Å². The van der Waals surface area contributed by atoms with Crippen molar-refractivity contribution in [1.82, 2.24) is 20.0 Å². The third-order valence-electron chi connectivity index (χ3n) is 6.80. The number of aromatic nitrogens is 2. The van der Waals surface area contributed by atoms with Crippen LogP contribution in [0.25, 0.3) is 11.3 Å². The molecule has 0 saturated carbocycles. The Morgan fingerprint density at radius 2 is 1.55 bits per heavy atom. The van der Waals surface area contributed by atoms with Crippen LogP contribution in [-0.4, -0.2) is 106 Å². The van der Waals surface area contributed by atoms with Gasteiger partial charge in [-0.25, -0.2) is 0 Å². The number of rotatable bonds is 11. The molecule has 40 heavy (non-hydrogen) atoms. The maximum atomic E-state index is 13.2. The number of amides is 2. The number of hydrogen-bond acceptors (Lipinski definition) is 9. The molecule has 1 aromatic heterocycles. The second-order valence-electron chi connectivity index (χ2n) is 9.16. The van der Waals surface area contributed by atoms with Crippen molar-refractivity contribution in [1.29, 1.82) is 0 Å². The first-order valence-corrected chi connectivity index (χ1v) is 13.0. The van der Waals surface area contributed by atoms with Crippen LogP contribution in [0.3, 0.4) is 0 Å². The molecule has 2 amide bonds. The highest BCUT2D eigenvalue weighted by molar-refractivity contribution is 5.96. The Morgan fingerprint density at radius 3 is 2.15 bits per heavy atom. The van der Waals surface area contributed by atoms with E-state index in [2.05, 4.69) is 15.1 Å². The lowest BCUT2D eigenvalue weighted by Crippen LogP contribution is -2.52. The molecule has 3 aromatic rings. The maximum absolute atomic E-state index is 13.2. The first-order chi connectivity index (χ1) is 19.5. The van der Waals surface area contributed by atoms with E-state index in [1.807, 2.05) is 30.3 Å². The van der Waals surface area contributed by atoms with Gasteiger partial charge in [-0.3, -0.25) is 9.59 Å². The van der Waals surface area contributed by atoms with Crippen LogP contribution in [0, 0.1) is 0 Å². The third-order valence-corrected chi connectivity index (χ3v) is 6.80. The monoisotopic (exact) mass is 549 g/mol. The summed E-state index contributed by atoms with van der Waals surface area (Å²) in [7, 11) is 6.33. The van der Waals surface area contributed by atoms with Crippen molar-refractivity contribution in [3.63, 3.8) is 0 Å². The minimum Gasteiger partial charge on any atom is -0.497 e. The molecule has 0 radical (unpaired) electrons. The van der Waals surface area contributed by atoms with E-state index in [1.54, 1.807) is 57.6 Å². The SMILES string of the molecule is COCCN(CC(=O)N1CCN(c2ccc(-c3ccc(OC)c(OC)c3)nn2)CC1)C(=O)c1ccc(OC)cc1. The molecule has 4 rings (SSSR count). The molecule has 0 unspecified atom stereocenters. The zero-order valence-electron chi connectivity index (χ0n) is 23.3.